The molecule has 34 heavy (non-hydrogen) atoms. The van der Waals surface area contributed by atoms with Crippen LogP contribution in [-0.2, 0) is 10.4 Å². The van der Waals surface area contributed by atoms with E-state index in [1.807, 2.05) is 0 Å². The molecule has 4 nitrogen and oxygen atoms in total. The third-order valence-electron chi connectivity index (χ3n) is 6.94. The van der Waals surface area contributed by atoms with Crippen molar-refractivity contribution in [2.75, 3.05) is 24.6 Å². The van der Waals surface area contributed by atoms with Gasteiger partial charge in [0, 0.05) is 17.7 Å². The van der Waals surface area contributed by atoms with Crippen molar-refractivity contribution in [3.63, 3.8) is 0 Å². The molecule has 0 aliphatic carbocycles. The molecule has 0 radical (unpaired) electrons. The monoisotopic (exact) mass is 524 g/mol. The fourth-order valence-corrected chi connectivity index (χ4v) is 9.99. The highest BCUT2D eigenvalue weighted by Crippen LogP contribution is 2.61. The van der Waals surface area contributed by atoms with Gasteiger partial charge in [-0.15, -0.1) is 0 Å². The van der Waals surface area contributed by atoms with Crippen LogP contribution in [0.4, 0.5) is 0 Å². The lowest BCUT2D eigenvalue weighted by atomic mass is 10.0. The van der Waals surface area contributed by atoms with Crippen LogP contribution in [0.1, 0.15) is 158 Å². The van der Waals surface area contributed by atoms with E-state index in [-0.39, 0.29) is 1.43 Å². The molecule has 0 aromatic carbocycles. The second-order valence-electron chi connectivity index (χ2n) is 10.3. The Bertz CT molecular complexity index is 473. The van der Waals surface area contributed by atoms with Crippen molar-refractivity contribution in [1.29, 1.82) is 0 Å². The van der Waals surface area contributed by atoms with Crippen LogP contribution in [0, 0.1) is 0 Å². The van der Waals surface area contributed by atoms with Crippen molar-refractivity contribution >= 4 is 17.7 Å². The molecule has 0 saturated carbocycles. The summed E-state index contributed by atoms with van der Waals surface area (Å²) in [5.41, 5.74) is 0. The van der Waals surface area contributed by atoms with Crippen LogP contribution in [0.5, 0.6) is 0 Å². The molecule has 0 aliphatic rings. The first-order valence-electron chi connectivity index (χ1n) is 14.8. The van der Waals surface area contributed by atoms with Crippen LogP contribution in [0.2, 0.25) is 0 Å². The zero-order valence-electron chi connectivity index (χ0n) is 24.5. The van der Waals surface area contributed by atoms with Crippen molar-refractivity contribution in [2.24, 2.45) is 0 Å². The topological polar surface area (TPSA) is 80.3 Å². The first-order valence-corrected chi connectivity index (χ1v) is 18.6. The van der Waals surface area contributed by atoms with Crippen LogP contribution < -0.4 is 0 Å². The van der Waals surface area contributed by atoms with Gasteiger partial charge in [-0.25, -0.2) is 0 Å². The van der Waals surface area contributed by atoms with E-state index in [4.69, 9.17) is 17.5 Å². The smallest absolute Gasteiger partial charge is 0.759 e. The lowest BCUT2D eigenvalue weighted by Gasteiger charge is -2.28. The normalized spacial score (nSPS) is 11.9. The molecule has 208 valence electrons. The molecule has 0 atom stereocenters. The van der Waals surface area contributed by atoms with Crippen LogP contribution in [0.15, 0.2) is 0 Å². The Morgan fingerprint density at radius 1 is 0.441 bits per heavy atom. The Morgan fingerprint density at radius 3 is 0.912 bits per heavy atom. The molecule has 0 unspecified atom stereocenters. The maximum absolute atomic E-state index is 8.52. The Morgan fingerprint density at radius 2 is 0.647 bits per heavy atom. The summed E-state index contributed by atoms with van der Waals surface area (Å²) >= 11 is 0. The minimum Gasteiger partial charge on any atom is -0.759 e. The van der Waals surface area contributed by atoms with Gasteiger partial charge in [-0.05, 0) is 32.1 Å². The molecule has 0 fully saturated rings. The van der Waals surface area contributed by atoms with Crippen molar-refractivity contribution in [2.45, 2.75) is 156 Å². The molecule has 6 heteroatoms. The van der Waals surface area contributed by atoms with Crippen molar-refractivity contribution < 1.29 is 18.9 Å². The maximum atomic E-state index is 8.52. The first kappa shape index (κ1) is 36.5. The Balaban J connectivity index is -0.00000154. The molecule has 0 aromatic rings. The van der Waals surface area contributed by atoms with Crippen LogP contribution in [0.25, 0.3) is 0 Å². The second-order valence-corrected chi connectivity index (χ2v) is 15.6. The highest BCUT2D eigenvalue weighted by molar-refractivity contribution is 7.79. The molecule has 0 rings (SSSR count). The number of unbranched alkanes of at least 4 members (excludes halogenated alkanes) is 16. The standard InChI is InChI=1S/C28H60P.H2O4S/c1-5-9-13-14-15-16-17-18-19-20-21-22-23-24-28-29(25-10-6-2,26-11-7-3)27-12-8-4;1-5(2,3)4/h5-28H2,1-4H3;(H2,1,2,3,4)/q+1;/p-1. The summed E-state index contributed by atoms with van der Waals surface area (Å²) in [6.45, 7) is 9.48. The molecule has 0 aliphatic heterocycles. The van der Waals surface area contributed by atoms with Gasteiger partial charge >= 0.3 is 1.43 Å². The van der Waals surface area contributed by atoms with Gasteiger partial charge in [-0.3, -0.25) is 8.42 Å². The third-order valence-corrected chi connectivity index (χ3v) is 12.0. The highest BCUT2D eigenvalue weighted by atomic mass is 32.3. The third kappa shape index (κ3) is 30.3. The van der Waals surface area contributed by atoms with E-state index in [1.54, 1.807) is 31.1 Å². The lowest BCUT2D eigenvalue weighted by molar-refractivity contribution is 0.352. The van der Waals surface area contributed by atoms with Crippen molar-refractivity contribution in [3.05, 3.63) is 0 Å². The zero-order valence-corrected chi connectivity index (χ0v) is 25.2. The average Bonchev–Trinajstić information content (AvgIpc) is 2.78. The molecule has 0 aromatic heterocycles. The molecule has 0 spiro atoms. The number of hydrogen-bond donors (Lipinski definition) is 0. The summed E-state index contributed by atoms with van der Waals surface area (Å²) in [6, 6.07) is 0. The predicted molar refractivity (Wildman–Crippen MR) is 153 cm³/mol. The largest absolute Gasteiger partial charge is 1.00 e. The fourth-order valence-electron chi connectivity index (χ4n) is 4.79. The van der Waals surface area contributed by atoms with E-state index in [0.29, 0.717) is 0 Å². The Hall–Kier alpha value is 0.300. The van der Waals surface area contributed by atoms with Crippen molar-refractivity contribution in [1.82, 2.24) is 0 Å². The predicted octanol–water partition coefficient (Wildman–Crippen LogP) is 9.66. The van der Waals surface area contributed by atoms with Gasteiger partial charge in [-0.1, -0.05) is 124 Å². The Kier molecular flexibility index (Phi) is 28.3. The quantitative estimate of drug-likeness (QED) is 0.0544. The molecule has 0 saturated heterocycles. The van der Waals surface area contributed by atoms with E-state index >= 15 is 0 Å². The number of hydrogen-bond acceptors (Lipinski definition) is 4. The summed E-state index contributed by atoms with van der Waals surface area (Å²) in [7, 11) is -5.80. The zero-order chi connectivity index (χ0) is 26.0. The highest BCUT2D eigenvalue weighted by Gasteiger charge is 2.34. The van der Waals surface area contributed by atoms with E-state index in [9.17, 15) is 0 Å². The summed E-state index contributed by atoms with van der Waals surface area (Å²) in [5, 5.41) is 0. The minimum atomic E-state index is -5.17. The molecule has 0 heterocycles. The molecule has 0 amide bonds. The van der Waals surface area contributed by atoms with E-state index in [0.717, 1.165) is 0 Å². The summed E-state index contributed by atoms with van der Waals surface area (Å²) in [5.74, 6) is 0. The van der Waals surface area contributed by atoms with E-state index in [2.05, 4.69) is 27.7 Å². The van der Waals surface area contributed by atoms with Gasteiger partial charge in [0.05, 0.1) is 24.6 Å². The van der Waals surface area contributed by atoms with Gasteiger partial charge in [0.15, 0.2) is 0 Å². The van der Waals surface area contributed by atoms with E-state index < -0.39 is 17.7 Å². The van der Waals surface area contributed by atoms with Gasteiger partial charge < -0.3 is 9.11 Å². The van der Waals surface area contributed by atoms with Gasteiger partial charge in [-0.2, -0.15) is 0 Å². The van der Waals surface area contributed by atoms with Gasteiger partial charge in [0.1, 0.15) is 0 Å². The maximum Gasteiger partial charge on any atom is 1.00 e. The molecule has 0 bridgehead atoms. The summed E-state index contributed by atoms with van der Waals surface area (Å²) in [6.07, 6.45) is 36.0. The fraction of sp³-hybridized carbons (Fsp3) is 1.00. The number of rotatable bonds is 24. The lowest BCUT2D eigenvalue weighted by Crippen LogP contribution is -2.13. The van der Waals surface area contributed by atoms with Crippen LogP contribution in [-0.4, -0.2) is 42.2 Å². The average molecular weight is 525 g/mol. The van der Waals surface area contributed by atoms with E-state index in [1.165, 1.54) is 122 Å². The molecular weight excluding hydrogens is 463 g/mol. The Labute approximate surface area is 217 Å². The second kappa shape index (κ2) is 26.4. The SMILES string of the molecule is CCCCCCCCCCCCCCCC[P+](CCCC)(CCCC)CCCC.O=S(=O)([O-])[O-].[H+]. The van der Waals surface area contributed by atoms with Crippen LogP contribution in [0.3, 0.4) is 0 Å². The summed E-state index contributed by atoms with van der Waals surface area (Å²) in [4.78, 5) is 0. The molecule has 0 N–H and O–H groups in total. The summed E-state index contributed by atoms with van der Waals surface area (Å²) < 4.78 is 34.1. The van der Waals surface area contributed by atoms with Gasteiger partial charge in [0.25, 0.3) is 0 Å². The molecular formula is C28H61O4PS. The minimum absolute atomic E-state index is 0. The first-order chi connectivity index (χ1) is 16.2. The van der Waals surface area contributed by atoms with Gasteiger partial charge in [0.2, 0.25) is 0 Å². The van der Waals surface area contributed by atoms with Crippen LogP contribution >= 0.6 is 7.26 Å². The van der Waals surface area contributed by atoms with Crippen molar-refractivity contribution in [3.8, 4) is 0 Å².